The van der Waals surface area contributed by atoms with Gasteiger partial charge in [-0.15, -0.1) is 0 Å². The number of anilines is 1. The lowest BCUT2D eigenvalue weighted by molar-refractivity contribution is -0.138. The number of nitrogens with zero attached hydrogens (tertiary/aromatic N) is 3. The van der Waals surface area contributed by atoms with Gasteiger partial charge in [0.25, 0.3) is 5.91 Å². The molecular formula is C23H32N4O2S. The van der Waals surface area contributed by atoms with Crippen molar-refractivity contribution in [3.8, 4) is 0 Å². The maximum absolute atomic E-state index is 12.9. The lowest BCUT2D eigenvalue weighted by Gasteiger charge is -2.38. The van der Waals surface area contributed by atoms with E-state index >= 15 is 0 Å². The van der Waals surface area contributed by atoms with E-state index in [1.165, 1.54) is 11.1 Å². The van der Waals surface area contributed by atoms with Gasteiger partial charge in [0.2, 0.25) is 0 Å². The Morgan fingerprint density at radius 3 is 2.73 bits per heavy atom. The summed E-state index contributed by atoms with van der Waals surface area (Å²) in [6.45, 7) is 9.64. The molecule has 3 rings (SSSR count). The molecule has 0 unspecified atom stereocenters. The normalized spacial score (nSPS) is 18.5. The van der Waals surface area contributed by atoms with Crippen LogP contribution in [0.1, 0.15) is 57.8 Å². The Kier molecular flexibility index (Phi) is 7.36. The number of morpholine rings is 1. The number of carbonyl (C=O) groups excluding carboxylic acids is 1. The molecule has 1 aliphatic heterocycles. The molecule has 0 radical (unpaired) electrons. The second-order valence-corrected chi connectivity index (χ2v) is 9.03. The number of carbonyl (C=O) groups is 1. The number of hydrogen-bond acceptors (Lipinski definition) is 5. The SMILES string of the molecule is CC1=CCCC=C1CCCc1ncnc(C)c1NC(=S)C(=O)N1CCOC(C)(C)C1. The van der Waals surface area contributed by atoms with Gasteiger partial charge in [0.1, 0.15) is 6.33 Å². The number of amides is 1. The van der Waals surface area contributed by atoms with Crippen molar-refractivity contribution < 1.29 is 9.53 Å². The van der Waals surface area contributed by atoms with Gasteiger partial charge in [-0.25, -0.2) is 9.97 Å². The van der Waals surface area contributed by atoms with Crippen LogP contribution in [0.15, 0.2) is 29.6 Å². The van der Waals surface area contributed by atoms with Crippen LogP contribution in [0.3, 0.4) is 0 Å². The summed E-state index contributed by atoms with van der Waals surface area (Å²) in [5.41, 5.74) is 4.92. The highest BCUT2D eigenvalue weighted by Gasteiger charge is 2.31. The zero-order valence-corrected chi connectivity index (χ0v) is 19.3. The number of hydrogen-bond donors (Lipinski definition) is 1. The Morgan fingerprint density at radius 1 is 1.23 bits per heavy atom. The molecule has 2 aliphatic rings. The molecule has 0 aromatic carbocycles. The molecule has 2 heterocycles. The Hall–Kier alpha value is -2.12. The lowest BCUT2D eigenvalue weighted by atomic mass is 9.94. The highest BCUT2D eigenvalue weighted by atomic mass is 32.1. The molecule has 0 spiro atoms. The second kappa shape index (κ2) is 9.79. The first-order valence-electron chi connectivity index (χ1n) is 10.7. The number of aryl methyl sites for hydroxylation is 2. The van der Waals surface area contributed by atoms with Gasteiger partial charge in [0, 0.05) is 13.1 Å². The van der Waals surface area contributed by atoms with Gasteiger partial charge in [-0.3, -0.25) is 4.79 Å². The first kappa shape index (κ1) is 22.6. The summed E-state index contributed by atoms with van der Waals surface area (Å²) in [6, 6.07) is 0. The van der Waals surface area contributed by atoms with Crippen LogP contribution in [-0.4, -0.2) is 51.1 Å². The van der Waals surface area contributed by atoms with Gasteiger partial charge < -0.3 is 15.0 Å². The Bertz CT molecular complexity index is 876. The number of aromatic nitrogens is 2. The van der Waals surface area contributed by atoms with Crippen molar-refractivity contribution in [3.63, 3.8) is 0 Å². The molecule has 1 aromatic heterocycles. The molecule has 0 atom stereocenters. The first-order valence-corrected chi connectivity index (χ1v) is 11.1. The van der Waals surface area contributed by atoms with E-state index in [4.69, 9.17) is 17.0 Å². The first-order chi connectivity index (χ1) is 14.3. The van der Waals surface area contributed by atoms with Gasteiger partial charge in [0.15, 0.2) is 4.99 Å². The smallest absolute Gasteiger partial charge is 0.281 e. The van der Waals surface area contributed by atoms with Crippen molar-refractivity contribution in [1.82, 2.24) is 14.9 Å². The molecule has 0 saturated carbocycles. The number of ether oxygens (including phenoxy) is 1. The molecule has 1 fully saturated rings. The molecule has 1 N–H and O–H groups in total. The van der Waals surface area contributed by atoms with Crippen LogP contribution in [0.2, 0.25) is 0 Å². The van der Waals surface area contributed by atoms with Crippen LogP contribution in [0.5, 0.6) is 0 Å². The maximum atomic E-state index is 12.9. The molecule has 7 heteroatoms. The van der Waals surface area contributed by atoms with Gasteiger partial charge in [-0.1, -0.05) is 29.9 Å². The third-order valence-corrected chi connectivity index (χ3v) is 5.91. The average molecular weight is 429 g/mol. The fourth-order valence-corrected chi connectivity index (χ4v) is 4.20. The van der Waals surface area contributed by atoms with E-state index in [-0.39, 0.29) is 16.5 Å². The minimum atomic E-state index is -0.360. The highest BCUT2D eigenvalue weighted by Crippen LogP contribution is 2.25. The van der Waals surface area contributed by atoms with E-state index in [1.54, 1.807) is 11.2 Å². The molecule has 1 amide bonds. The van der Waals surface area contributed by atoms with Crippen molar-refractivity contribution in [1.29, 1.82) is 0 Å². The zero-order valence-electron chi connectivity index (χ0n) is 18.5. The maximum Gasteiger partial charge on any atom is 0.281 e. The predicted molar refractivity (Wildman–Crippen MR) is 124 cm³/mol. The molecule has 162 valence electrons. The van der Waals surface area contributed by atoms with Crippen molar-refractivity contribution in [2.75, 3.05) is 25.0 Å². The van der Waals surface area contributed by atoms with Crippen LogP contribution >= 0.6 is 12.2 Å². The third kappa shape index (κ3) is 5.73. The zero-order chi connectivity index (χ0) is 21.7. The molecule has 6 nitrogen and oxygen atoms in total. The summed E-state index contributed by atoms with van der Waals surface area (Å²) in [7, 11) is 0. The monoisotopic (exact) mass is 428 g/mol. The minimum Gasteiger partial charge on any atom is -0.372 e. The van der Waals surface area contributed by atoms with E-state index in [2.05, 4.69) is 34.4 Å². The summed E-state index contributed by atoms with van der Waals surface area (Å²) in [5, 5.41) is 3.15. The average Bonchev–Trinajstić information content (AvgIpc) is 2.70. The predicted octanol–water partition coefficient (Wildman–Crippen LogP) is 4.15. The van der Waals surface area contributed by atoms with Crippen molar-refractivity contribution >= 4 is 28.8 Å². The van der Waals surface area contributed by atoms with Crippen LogP contribution in [-0.2, 0) is 16.0 Å². The Labute approximate surface area is 184 Å². The van der Waals surface area contributed by atoms with Crippen LogP contribution < -0.4 is 5.32 Å². The van der Waals surface area contributed by atoms with Gasteiger partial charge in [-0.05, 0) is 65.4 Å². The topological polar surface area (TPSA) is 67.4 Å². The largest absolute Gasteiger partial charge is 0.372 e. The highest BCUT2D eigenvalue weighted by molar-refractivity contribution is 7.82. The minimum absolute atomic E-state index is 0.177. The van der Waals surface area contributed by atoms with Crippen molar-refractivity contribution in [2.24, 2.45) is 0 Å². The van der Waals surface area contributed by atoms with Crippen LogP contribution in [0.4, 0.5) is 5.69 Å². The van der Waals surface area contributed by atoms with E-state index in [1.807, 2.05) is 20.8 Å². The van der Waals surface area contributed by atoms with E-state index in [9.17, 15) is 4.79 Å². The fourth-order valence-electron chi connectivity index (χ4n) is 3.97. The van der Waals surface area contributed by atoms with E-state index in [0.29, 0.717) is 19.7 Å². The summed E-state index contributed by atoms with van der Waals surface area (Å²) < 4.78 is 5.70. The molecule has 1 aliphatic carbocycles. The fraction of sp³-hybridized carbons (Fsp3) is 0.565. The van der Waals surface area contributed by atoms with E-state index < -0.39 is 0 Å². The molecule has 1 saturated heterocycles. The molecule has 1 aromatic rings. The van der Waals surface area contributed by atoms with Crippen LogP contribution in [0.25, 0.3) is 0 Å². The molecule has 30 heavy (non-hydrogen) atoms. The summed E-state index contributed by atoms with van der Waals surface area (Å²) >= 11 is 5.45. The Balaban J connectivity index is 1.64. The molecule has 0 bridgehead atoms. The number of thiocarbonyl (C=S) groups is 1. The quantitative estimate of drug-likeness (QED) is 0.711. The standard InChI is InChI=1S/C23H32N4O2S/c1-16-8-5-6-9-18(16)10-7-11-19-20(17(2)24-15-25-19)26-21(30)22(28)27-12-13-29-23(3,4)14-27/h8-9,15H,5-7,10-14H2,1-4H3,(H,26,30). The number of nitrogens with one attached hydrogen (secondary N) is 1. The van der Waals surface area contributed by atoms with Gasteiger partial charge in [0.05, 0.1) is 29.3 Å². The third-order valence-electron chi connectivity index (χ3n) is 5.64. The lowest BCUT2D eigenvalue weighted by Crippen LogP contribution is -2.53. The summed E-state index contributed by atoms with van der Waals surface area (Å²) in [5.74, 6) is -0.177. The van der Waals surface area contributed by atoms with Crippen LogP contribution in [0, 0.1) is 6.92 Å². The van der Waals surface area contributed by atoms with E-state index in [0.717, 1.165) is 49.2 Å². The van der Waals surface area contributed by atoms with Crippen molar-refractivity contribution in [2.45, 2.75) is 65.4 Å². The number of rotatable bonds is 5. The number of allylic oxidation sites excluding steroid dienone is 4. The Morgan fingerprint density at radius 2 is 2.00 bits per heavy atom. The second-order valence-electron chi connectivity index (χ2n) is 8.62. The van der Waals surface area contributed by atoms with Gasteiger partial charge >= 0.3 is 0 Å². The molecular weight excluding hydrogens is 396 g/mol. The summed E-state index contributed by atoms with van der Waals surface area (Å²) in [4.78, 5) is 23.6. The summed E-state index contributed by atoms with van der Waals surface area (Å²) in [6.07, 6.45) is 11.3. The van der Waals surface area contributed by atoms with Crippen molar-refractivity contribution in [3.05, 3.63) is 41.0 Å². The van der Waals surface area contributed by atoms with Gasteiger partial charge in [-0.2, -0.15) is 0 Å².